The van der Waals surface area contributed by atoms with Gasteiger partial charge in [-0.1, -0.05) is 17.7 Å². The zero-order chi connectivity index (χ0) is 21.6. The van der Waals surface area contributed by atoms with Crippen molar-refractivity contribution in [3.05, 3.63) is 53.1 Å². The van der Waals surface area contributed by atoms with Crippen LogP contribution in [0.5, 0.6) is 5.75 Å². The average Bonchev–Trinajstić information content (AvgIpc) is 2.59. The van der Waals surface area contributed by atoms with E-state index in [1.807, 2.05) is 32.9 Å². The largest absolute Gasteiger partial charge is 0.435 e. The van der Waals surface area contributed by atoms with Gasteiger partial charge in [0.05, 0.1) is 7.05 Å². The summed E-state index contributed by atoms with van der Waals surface area (Å²) in [5.41, 5.74) is 4.37. The number of alkyl halides is 2. The molecule has 29 heavy (non-hydrogen) atoms. The van der Waals surface area contributed by atoms with E-state index in [1.165, 1.54) is 24.3 Å². The normalized spacial score (nSPS) is 11.8. The topological polar surface area (TPSA) is 71.9 Å². The van der Waals surface area contributed by atoms with Crippen LogP contribution in [0.4, 0.5) is 20.2 Å². The summed E-state index contributed by atoms with van der Waals surface area (Å²) in [6, 6.07) is 9.64. The van der Waals surface area contributed by atoms with E-state index in [-0.39, 0.29) is 30.7 Å². The van der Waals surface area contributed by atoms with Gasteiger partial charge < -0.3 is 20.3 Å². The Morgan fingerprint density at radius 3 is 2.00 bits per heavy atom. The van der Waals surface area contributed by atoms with E-state index in [9.17, 15) is 18.4 Å². The molecule has 0 spiro atoms. The zero-order valence-electron chi connectivity index (χ0n) is 16.9. The average molecular weight is 406 g/mol. The van der Waals surface area contributed by atoms with Crippen molar-refractivity contribution < 1.29 is 28.0 Å². The summed E-state index contributed by atoms with van der Waals surface area (Å²) in [5.74, 6) is -0.460. The molecule has 0 radical (unpaired) electrons. The van der Waals surface area contributed by atoms with E-state index in [0.29, 0.717) is 10.6 Å². The molecule has 6 nitrogen and oxygen atoms in total. The first kappa shape index (κ1) is 22.3. The van der Waals surface area contributed by atoms with Crippen molar-refractivity contribution in [2.24, 2.45) is 0 Å². The minimum absolute atomic E-state index is 0.0131. The number of carbonyl (C=O) groups excluding carboxylic acids is 2. The molecule has 2 aromatic carbocycles. The van der Waals surface area contributed by atoms with Crippen LogP contribution in [0.2, 0.25) is 0 Å². The first-order valence-corrected chi connectivity index (χ1v) is 9.17. The molecule has 0 aliphatic rings. The summed E-state index contributed by atoms with van der Waals surface area (Å²) in [6.45, 7) is 3.19. The van der Waals surface area contributed by atoms with Gasteiger partial charge in [-0.05, 0) is 56.2 Å². The summed E-state index contributed by atoms with van der Waals surface area (Å²) in [4.78, 5) is 25.2. The van der Waals surface area contributed by atoms with Crippen LogP contribution in [-0.4, -0.2) is 38.6 Å². The number of amides is 2. The van der Waals surface area contributed by atoms with Crippen LogP contribution >= 0.6 is 0 Å². The van der Waals surface area contributed by atoms with E-state index in [2.05, 4.69) is 15.4 Å². The molecular weight excluding hydrogens is 380 g/mol. The number of likely N-dealkylation sites (N-methyl/N-ethyl adjacent to an activating group) is 1. The molecule has 1 unspecified atom stereocenters. The highest BCUT2D eigenvalue weighted by atomic mass is 19.3. The highest BCUT2D eigenvalue weighted by Crippen LogP contribution is 2.21. The summed E-state index contributed by atoms with van der Waals surface area (Å²) < 4.78 is 28.6. The first-order chi connectivity index (χ1) is 13.6. The smallest absolute Gasteiger partial charge is 0.387 e. The molecule has 0 fully saturated rings. The van der Waals surface area contributed by atoms with Crippen LogP contribution < -0.4 is 20.3 Å². The number of hydrogen-bond donors (Lipinski definition) is 3. The molecule has 0 aromatic heterocycles. The van der Waals surface area contributed by atoms with E-state index in [1.54, 1.807) is 7.05 Å². The number of aryl methyl sites for hydroxylation is 3. The summed E-state index contributed by atoms with van der Waals surface area (Å²) in [6.07, 6.45) is 0. The maximum absolute atomic E-state index is 12.3. The summed E-state index contributed by atoms with van der Waals surface area (Å²) in [7, 11) is 1.74. The zero-order valence-corrected chi connectivity index (χ0v) is 16.9. The lowest BCUT2D eigenvalue weighted by molar-refractivity contribution is -0.862. The minimum atomic E-state index is -2.90. The minimum Gasteiger partial charge on any atom is -0.435 e. The molecule has 0 saturated heterocycles. The highest BCUT2D eigenvalue weighted by molar-refractivity contribution is 5.94. The Balaban J connectivity index is 1.84. The Hall–Kier alpha value is -3.00. The fourth-order valence-corrected chi connectivity index (χ4v) is 3.10. The fraction of sp³-hybridized carbons (Fsp3) is 0.333. The van der Waals surface area contributed by atoms with E-state index in [4.69, 9.17) is 0 Å². The molecule has 8 heteroatoms. The lowest BCUT2D eigenvalue weighted by Crippen LogP contribution is -3.11. The van der Waals surface area contributed by atoms with Crippen molar-refractivity contribution in [1.29, 1.82) is 0 Å². The van der Waals surface area contributed by atoms with Crippen LogP contribution in [0.25, 0.3) is 0 Å². The van der Waals surface area contributed by atoms with Gasteiger partial charge in [-0.25, -0.2) is 0 Å². The lowest BCUT2D eigenvalue weighted by Gasteiger charge is -2.16. The van der Waals surface area contributed by atoms with Crippen LogP contribution in [0.3, 0.4) is 0 Å². The molecule has 0 saturated carbocycles. The van der Waals surface area contributed by atoms with Crippen LogP contribution in [0, 0.1) is 20.8 Å². The second-order valence-corrected chi connectivity index (χ2v) is 7.08. The second-order valence-electron chi connectivity index (χ2n) is 7.08. The molecule has 2 amide bonds. The third-order valence-corrected chi connectivity index (χ3v) is 4.23. The van der Waals surface area contributed by atoms with Crippen molar-refractivity contribution in [1.82, 2.24) is 0 Å². The highest BCUT2D eigenvalue weighted by Gasteiger charge is 2.16. The number of nitrogens with one attached hydrogen (secondary N) is 3. The Bertz CT molecular complexity index is 847. The number of hydrogen-bond acceptors (Lipinski definition) is 3. The first-order valence-electron chi connectivity index (χ1n) is 9.17. The van der Waals surface area contributed by atoms with Gasteiger partial charge in [0.1, 0.15) is 5.75 Å². The van der Waals surface area contributed by atoms with Crippen LogP contribution in [0.1, 0.15) is 16.7 Å². The predicted octanol–water partition coefficient (Wildman–Crippen LogP) is 2.31. The third-order valence-electron chi connectivity index (χ3n) is 4.23. The molecule has 2 rings (SSSR count). The quantitative estimate of drug-likeness (QED) is 0.630. The van der Waals surface area contributed by atoms with Gasteiger partial charge >= 0.3 is 6.61 Å². The SMILES string of the molecule is Cc1cc(C)c(NC(=O)C[NH+](C)CC(=O)Nc2ccc(OC(F)F)cc2)c(C)c1. The molecule has 0 heterocycles. The molecule has 1 atom stereocenters. The maximum atomic E-state index is 12.3. The van der Waals surface area contributed by atoms with Crippen molar-refractivity contribution in [3.8, 4) is 5.75 Å². The second kappa shape index (κ2) is 9.97. The molecule has 156 valence electrons. The molecule has 2 aromatic rings. The van der Waals surface area contributed by atoms with E-state index in [0.717, 1.165) is 22.4 Å². The summed E-state index contributed by atoms with van der Waals surface area (Å²) in [5, 5.41) is 5.58. The molecule has 0 aliphatic carbocycles. The van der Waals surface area contributed by atoms with Gasteiger partial charge in [-0.3, -0.25) is 9.59 Å². The van der Waals surface area contributed by atoms with E-state index >= 15 is 0 Å². The number of rotatable bonds is 8. The molecule has 0 aliphatic heterocycles. The number of benzene rings is 2. The van der Waals surface area contributed by atoms with Gasteiger partial charge in [0.15, 0.2) is 13.1 Å². The Morgan fingerprint density at radius 2 is 1.48 bits per heavy atom. The number of anilines is 2. The van der Waals surface area contributed by atoms with Crippen molar-refractivity contribution in [3.63, 3.8) is 0 Å². The standard InChI is InChI=1S/C21H25F2N3O3/c1-13-9-14(2)20(15(3)10-13)25-19(28)12-26(4)11-18(27)24-16-5-7-17(8-6-16)29-21(22)23/h5-10,21H,11-12H2,1-4H3,(H,24,27)(H,25,28)/p+1. The van der Waals surface area contributed by atoms with Crippen molar-refractivity contribution >= 4 is 23.2 Å². The van der Waals surface area contributed by atoms with Crippen molar-refractivity contribution in [2.75, 3.05) is 30.8 Å². The fourth-order valence-electron chi connectivity index (χ4n) is 3.10. The van der Waals surface area contributed by atoms with Gasteiger partial charge in [0, 0.05) is 11.4 Å². The van der Waals surface area contributed by atoms with Gasteiger partial charge in [0.25, 0.3) is 11.8 Å². The lowest BCUT2D eigenvalue weighted by atomic mass is 10.1. The summed E-state index contributed by atoms with van der Waals surface area (Å²) >= 11 is 0. The molecular formula is C21H26F2N3O3+. The number of ether oxygens (including phenoxy) is 1. The van der Waals surface area contributed by atoms with Gasteiger partial charge in [-0.2, -0.15) is 8.78 Å². The monoisotopic (exact) mass is 406 g/mol. The number of halogens is 2. The predicted molar refractivity (Wildman–Crippen MR) is 108 cm³/mol. The van der Waals surface area contributed by atoms with E-state index < -0.39 is 6.61 Å². The number of carbonyl (C=O) groups is 2. The van der Waals surface area contributed by atoms with Crippen molar-refractivity contribution in [2.45, 2.75) is 27.4 Å². The third kappa shape index (κ3) is 7.15. The van der Waals surface area contributed by atoms with Gasteiger partial charge in [-0.15, -0.1) is 0 Å². The molecule has 0 bridgehead atoms. The number of quaternary nitrogens is 1. The Labute approximate surface area is 168 Å². The van der Waals surface area contributed by atoms with Crippen LogP contribution in [0.15, 0.2) is 36.4 Å². The Morgan fingerprint density at radius 1 is 0.966 bits per heavy atom. The van der Waals surface area contributed by atoms with Crippen LogP contribution in [-0.2, 0) is 9.59 Å². The molecule has 3 N–H and O–H groups in total. The Kier molecular flexibility index (Phi) is 7.67. The van der Waals surface area contributed by atoms with Gasteiger partial charge in [0.2, 0.25) is 0 Å². The maximum Gasteiger partial charge on any atom is 0.387 e.